The minimum Gasteiger partial charge on any atom is -0.352 e. The second kappa shape index (κ2) is 5.67. The van der Waals surface area contributed by atoms with Crippen LogP contribution in [0, 0.1) is 0 Å². The van der Waals surface area contributed by atoms with E-state index in [2.05, 4.69) is 10.0 Å². The monoisotopic (exact) mass is 256 g/mol. The predicted molar refractivity (Wildman–Crippen MR) is 67.5 cm³/mol. The Morgan fingerprint density at radius 3 is 2.53 bits per heavy atom. The average molecular weight is 256 g/mol. The van der Waals surface area contributed by atoms with Gasteiger partial charge in [-0.2, -0.15) is 0 Å². The number of para-hydroxylation sites is 1. The second-order valence-electron chi connectivity index (χ2n) is 3.68. The normalized spacial score (nSPS) is 10.9. The molecule has 17 heavy (non-hydrogen) atoms. The summed E-state index contributed by atoms with van der Waals surface area (Å²) < 4.78 is 24.6. The summed E-state index contributed by atoms with van der Waals surface area (Å²) in [6.07, 6.45) is 1.88. The van der Waals surface area contributed by atoms with Crippen LogP contribution in [0.4, 0.5) is 5.69 Å². The number of nitrogens with one attached hydrogen (secondary N) is 2. The maximum Gasteiger partial charge on any atom is 0.253 e. The molecule has 0 aromatic heterocycles. The lowest BCUT2D eigenvalue weighted by Crippen LogP contribution is -2.25. The van der Waals surface area contributed by atoms with Crippen LogP contribution in [0.15, 0.2) is 24.3 Å². The van der Waals surface area contributed by atoms with Crippen molar-refractivity contribution in [2.24, 2.45) is 0 Å². The minimum absolute atomic E-state index is 0.279. The standard InChI is InChI=1S/C11H16N2O3S/c1-3-8-12-11(14)9-6-4-5-7-10(9)13-17(2,15)16/h4-7,13H,3,8H2,1-2H3,(H,12,14). The van der Waals surface area contributed by atoms with Gasteiger partial charge >= 0.3 is 0 Å². The molecular formula is C11H16N2O3S. The molecule has 0 fully saturated rings. The first-order valence-electron chi connectivity index (χ1n) is 5.29. The van der Waals surface area contributed by atoms with Crippen molar-refractivity contribution in [2.45, 2.75) is 13.3 Å². The van der Waals surface area contributed by atoms with Crippen LogP contribution in [0.5, 0.6) is 0 Å². The maximum absolute atomic E-state index is 11.8. The van der Waals surface area contributed by atoms with Crippen molar-refractivity contribution in [2.75, 3.05) is 17.5 Å². The smallest absolute Gasteiger partial charge is 0.253 e. The summed E-state index contributed by atoms with van der Waals surface area (Å²) in [6.45, 7) is 2.51. The van der Waals surface area contributed by atoms with E-state index >= 15 is 0 Å². The Kier molecular flexibility index (Phi) is 4.51. The van der Waals surface area contributed by atoms with Gasteiger partial charge in [0.15, 0.2) is 0 Å². The average Bonchev–Trinajstić information content (AvgIpc) is 2.24. The molecule has 1 amide bonds. The van der Waals surface area contributed by atoms with Crippen LogP contribution in [0.1, 0.15) is 23.7 Å². The first kappa shape index (κ1) is 13.5. The number of benzene rings is 1. The first-order valence-corrected chi connectivity index (χ1v) is 7.18. The van der Waals surface area contributed by atoms with Crippen LogP contribution in [-0.2, 0) is 10.0 Å². The summed E-state index contributed by atoms with van der Waals surface area (Å²) in [6, 6.07) is 6.50. The van der Waals surface area contributed by atoms with Crippen LogP contribution in [0.2, 0.25) is 0 Å². The SMILES string of the molecule is CCCNC(=O)c1ccccc1NS(C)(=O)=O. The van der Waals surface area contributed by atoms with Crippen molar-refractivity contribution < 1.29 is 13.2 Å². The Morgan fingerprint density at radius 2 is 1.94 bits per heavy atom. The van der Waals surface area contributed by atoms with Crippen molar-refractivity contribution in [3.63, 3.8) is 0 Å². The minimum atomic E-state index is -3.38. The molecule has 2 N–H and O–H groups in total. The molecule has 0 aliphatic rings. The Labute approximate surface area is 101 Å². The van der Waals surface area contributed by atoms with Gasteiger partial charge in [-0.3, -0.25) is 9.52 Å². The molecule has 0 saturated carbocycles. The Bertz CT molecular complexity index is 497. The highest BCUT2D eigenvalue weighted by atomic mass is 32.2. The summed E-state index contributed by atoms with van der Waals surface area (Å²) in [5.74, 6) is -0.279. The van der Waals surface area contributed by atoms with Crippen LogP contribution in [0.25, 0.3) is 0 Å². The number of hydrogen-bond acceptors (Lipinski definition) is 3. The molecule has 0 bridgehead atoms. The van der Waals surface area contributed by atoms with Crippen molar-refractivity contribution >= 4 is 21.6 Å². The van der Waals surface area contributed by atoms with Gasteiger partial charge in [-0.05, 0) is 18.6 Å². The molecule has 1 rings (SSSR count). The molecule has 0 unspecified atom stereocenters. The van der Waals surface area contributed by atoms with Crippen LogP contribution < -0.4 is 10.0 Å². The molecule has 1 aromatic carbocycles. The fourth-order valence-corrected chi connectivity index (χ4v) is 1.88. The van der Waals surface area contributed by atoms with Crippen LogP contribution in [0.3, 0.4) is 0 Å². The van der Waals surface area contributed by atoms with Gasteiger partial charge < -0.3 is 5.32 Å². The molecule has 6 heteroatoms. The third-order valence-corrected chi connectivity index (χ3v) is 2.59. The molecule has 0 aliphatic heterocycles. The third kappa shape index (κ3) is 4.44. The van der Waals surface area contributed by atoms with Crippen LogP contribution in [-0.4, -0.2) is 27.1 Å². The van der Waals surface area contributed by atoms with E-state index in [1.54, 1.807) is 24.3 Å². The quantitative estimate of drug-likeness (QED) is 0.831. The zero-order valence-electron chi connectivity index (χ0n) is 9.86. The highest BCUT2D eigenvalue weighted by Crippen LogP contribution is 2.15. The highest BCUT2D eigenvalue weighted by molar-refractivity contribution is 7.92. The molecule has 0 saturated heterocycles. The van der Waals surface area contributed by atoms with Crippen molar-refractivity contribution in [1.29, 1.82) is 0 Å². The van der Waals surface area contributed by atoms with Gasteiger partial charge in [-0.1, -0.05) is 19.1 Å². The van der Waals surface area contributed by atoms with Crippen LogP contribution >= 0.6 is 0 Å². The Morgan fingerprint density at radius 1 is 1.29 bits per heavy atom. The predicted octanol–water partition coefficient (Wildman–Crippen LogP) is 1.20. The van der Waals surface area contributed by atoms with Gasteiger partial charge in [-0.15, -0.1) is 0 Å². The second-order valence-corrected chi connectivity index (χ2v) is 5.42. The van der Waals surface area contributed by atoms with E-state index in [1.807, 2.05) is 6.92 Å². The first-order chi connectivity index (χ1) is 7.94. The number of amides is 1. The van der Waals surface area contributed by atoms with Crippen molar-refractivity contribution in [3.05, 3.63) is 29.8 Å². The van der Waals surface area contributed by atoms with E-state index < -0.39 is 10.0 Å². The number of sulfonamides is 1. The van der Waals surface area contributed by atoms with Gasteiger partial charge in [0.25, 0.3) is 5.91 Å². The molecule has 0 spiro atoms. The van der Waals surface area contributed by atoms with E-state index in [4.69, 9.17) is 0 Å². The summed E-state index contributed by atoms with van der Waals surface area (Å²) >= 11 is 0. The number of carbonyl (C=O) groups excluding carboxylic acids is 1. The summed E-state index contributed by atoms with van der Waals surface area (Å²) in [7, 11) is -3.38. The number of carbonyl (C=O) groups is 1. The molecule has 0 aliphatic carbocycles. The topological polar surface area (TPSA) is 75.3 Å². The molecule has 1 aromatic rings. The lowest BCUT2D eigenvalue weighted by molar-refractivity contribution is 0.0954. The van der Waals surface area contributed by atoms with E-state index in [-0.39, 0.29) is 5.91 Å². The number of anilines is 1. The van der Waals surface area contributed by atoms with Gasteiger partial charge in [-0.25, -0.2) is 8.42 Å². The number of rotatable bonds is 5. The Balaban J connectivity index is 2.95. The maximum atomic E-state index is 11.8. The van der Waals surface area contributed by atoms with Gasteiger partial charge in [0.2, 0.25) is 10.0 Å². The summed E-state index contributed by atoms with van der Waals surface area (Å²) in [5.41, 5.74) is 0.620. The lowest BCUT2D eigenvalue weighted by atomic mass is 10.1. The molecular weight excluding hydrogens is 240 g/mol. The van der Waals surface area contributed by atoms with E-state index in [1.165, 1.54) is 0 Å². The zero-order valence-corrected chi connectivity index (χ0v) is 10.7. The van der Waals surface area contributed by atoms with Gasteiger partial charge in [0, 0.05) is 6.54 Å². The fraction of sp³-hybridized carbons (Fsp3) is 0.364. The fourth-order valence-electron chi connectivity index (χ4n) is 1.30. The third-order valence-electron chi connectivity index (χ3n) is 2.00. The Hall–Kier alpha value is -1.56. The number of hydrogen-bond donors (Lipinski definition) is 2. The van der Waals surface area contributed by atoms with Gasteiger partial charge in [0.1, 0.15) is 0 Å². The zero-order chi connectivity index (χ0) is 12.9. The summed E-state index contributed by atoms with van der Waals surface area (Å²) in [5, 5.41) is 2.70. The largest absolute Gasteiger partial charge is 0.352 e. The van der Waals surface area contributed by atoms with Crippen molar-refractivity contribution in [1.82, 2.24) is 5.32 Å². The van der Waals surface area contributed by atoms with Gasteiger partial charge in [0.05, 0.1) is 17.5 Å². The van der Waals surface area contributed by atoms with Crippen molar-refractivity contribution in [3.8, 4) is 0 Å². The molecule has 94 valence electrons. The molecule has 5 nitrogen and oxygen atoms in total. The highest BCUT2D eigenvalue weighted by Gasteiger charge is 2.12. The summed E-state index contributed by atoms with van der Waals surface area (Å²) in [4.78, 5) is 11.8. The molecule has 0 atom stereocenters. The van der Waals surface area contributed by atoms with E-state index in [0.29, 0.717) is 17.8 Å². The molecule has 0 radical (unpaired) electrons. The lowest BCUT2D eigenvalue weighted by Gasteiger charge is -2.10. The molecule has 0 heterocycles. The van der Waals surface area contributed by atoms with E-state index in [0.717, 1.165) is 12.7 Å². The van der Waals surface area contributed by atoms with E-state index in [9.17, 15) is 13.2 Å².